The molecule has 4 aliphatic carbocycles. The van der Waals surface area contributed by atoms with Crippen LogP contribution in [0.5, 0.6) is 0 Å². The van der Waals surface area contributed by atoms with Crippen molar-refractivity contribution in [3.05, 3.63) is 0 Å². The van der Waals surface area contributed by atoms with Gasteiger partial charge in [-0.25, -0.2) is 0 Å². The molecule has 0 spiro atoms. The molecule has 0 amide bonds. The Balaban J connectivity index is 1.20. The number of aliphatic hydroxyl groups excluding tert-OH is 1. The molecule has 7 nitrogen and oxygen atoms in total. The lowest BCUT2D eigenvalue weighted by Crippen LogP contribution is -2.59. The first-order chi connectivity index (χ1) is 19.7. The molecule has 4 rings (SSSR count). The van der Waals surface area contributed by atoms with Gasteiger partial charge in [-0.05, 0) is 169 Å². The van der Waals surface area contributed by atoms with Crippen LogP contribution < -0.4 is 21.7 Å². The first kappa shape index (κ1) is 33.2. The molecule has 7 heteroatoms. The van der Waals surface area contributed by atoms with E-state index in [0.717, 1.165) is 58.5 Å². The first-order valence-electron chi connectivity index (χ1n) is 17.5. The number of carboxylic acid groups (broad SMARTS) is 1. The van der Waals surface area contributed by atoms with Crippen LogP contribution in [0.1, 0.15) is 111 Å². The molecule has 0 heterocycles. The van der Waals surface area contributed by atoms with Crippen LogP contribution in [0.3, 0.4) is 0 Å². The predicted molar refractivity (Wildman–Crippen MR) is 168 cm³/mol. The van der Waals surface area contributed by atoms with Crippen molar-refractivity contribution >= 4 is 5.97 Å². The summed E-state index contributed by atoms with van der Waals surface area (Å²) in [6, 6.07) is 0.594. The van der Waals surface area contributed by atoms with Gasteiger partial charge in [0.1, 0.15) is 0 Å². The number of nitrogens with two attached hydrogens (primary N) is 1. The summed E-state index contributed by atoms with van der Waals surface area (Å²) in [7, 11) is 0. The Hall–Kier alpha value is -0.730. The summed E-state index contributed by atoms with van der Waals surface area (Å²) in [5.74, 6) is 2.68. The molecule has 41 heavy (non-hydrogen) atoms. The highest BCUT2D eigenvalue weighted by molar-refractivity contribution is 5.66. The van der Waals surface area contributed by atoms with Crippen molar-refractivity contribution in [3.8, 4) is 0 Å². The van der Waals surface area contributed by atoms with Crippen LogP contribution in [0.4, 0.5) is 0 Å². The number of hydrogen-bond acceptors (Lipinski definition) is 6. The number of hydrogen-bond donors (Lipinski definition) is 6. The third-order valence-electron chi connectivity index (χ3n) is 12.7. The summed E-state index contributed by atoms with van der Waals surface area (Å²) in [6.07, 6.45) is 15.3. The normalized spacial score (nSPS) is 39.1. The summed E-state index contributed by atoms with van der Waals surface area (Å²) in [5.41, 5.74) is 6.15. The van der Waals surface area contributed by atoms with E-state index in [9.17, 15) is 15.0 Å². The first-order valence-corrected chi connectivity index (χ1v) is 17.5. The SMILES string of the molecule is CC(CCC(=O)O)[C@H]1CCC2C3C(O)C[C@H]4C[C@@H](NCCCNCCCCNCCCN)CC[C@]4(C)C3CC[C@@]21C. The number of unbranched alkanes of at least 4 members (excludes halogenated alkanes) is 1. The Bertz CT molecular complexity index is 813. The molecule has 0 bridgehead atoms. The van der Waals surface area contributed by atoms with Crippen molar-refractivity contribution < 1.29 is 15.0 Å². The summed E-state index contributed by atoms with van der Waals surface area (Å²) in [4.78, 5) is 11.2. The van der Waals surface area contributed by atoms with E-state index in [1.165, 1.54) is 64.2 Å². The van der Waals surface area contributed by atoms with Gasteiger partial charge in [0.05, 0.1) is 6.10 Å². The maximum atomic E-state index is 11.7. The summed E-state index contributed by atoms with van der Waals surface area (Å²) in [6.45, 7) is 13.5. The van der Waals surface area contributed by atoms with Gasteiger partial charge in [0.15, 0.2) is 0 Å². The van der Waals surface area contributed by atoms with Crippen LogP contribution in [-0.2, 0) is 4.79 Å². The van der Waals surface area contributed by atoms with Gasteiger partial charge in [-0.3, -0.25) is 4.79 Å². The van der Waals surface area contributed by atoms with Crippen LogP contribution in [0.15, 0.2) is 0 Å². The average molecular weight is 577 g/mol. The molecule has 5 unspecified atom stereocenters. The topological polar surface area (TPSA) is 120 Å². The summed E-state index contributed by atoms with van der Waals surface area (Å²) in [5, 5.41) is 31.9. The third kappa shape index (κ3) is 7.87. The van der Waals surface area contributed by atoms with Crippen LogP contribution in [0, 0.1) is 46.3 Å². The van der Waals surface area contributed by atoms with Crippen molar-refractivity contribution in [1.82, 2.24) is 16.0 Å². The average Bonchev–Trinajstić information content (AvgIpc) is 3.30. The van der Waals surface area contributed by atoms with Gasteiger partial charge in [-0.2, -0.15) is 0 Å². The highest BCUT2D eigenvalue weighted by Gasteiger charge is 2.62. The fraction of sp³-hybridized carbons (Fsp3) is 0.971. The zero-order chi connectivity index (χ0) is 29.5. The number of fused-ring (bicyclic) bond motifs is 5. The molecule has 4 aliphatic rings. The van der Waals surface area contributed by atoms with E-state index in [1.54, 1.807) is 0 Å². The number of aliphatic hydroxyl groups is 1. The summed E-state index contributed by atoms with van der Waals surface area (Å²) < 4.78 is 0. The van der Waals surface area contributed by atoms with Gasteiger partial charge in [-0.1, -0.05) is 20.8 Å². The zero-order valence-corrected chi connectivity index (χ0v) is 26.6. The molecular weight excluding hydrogens is 512 g/mol. The number of carbonyl (C=O) groups is 1. The summed E-state index contributed by atoms with van der Waals surface area (Å²) >= 11 is 0. The predicted octanol–water partition coefficient (Wildman–Crippen LogP) is 4.77. The molecule has 0 saturated heterocycles. The molecule has 0 aromatic carbocycles. The van der Waals surface area contributed by atoms with E-state index in [1.807, 2.05) is 0 Å². The lowest BCUT2D eigenvalue weighted by molar-refractivity contribution is -0.167. The second-order valence-electron chi connectivity index (χ2n) is 15.1. The second kappa shape index (κ2) is 15.3. The Labute approximate surface area is 250 Å². The van der Waals surface area contributed by atoms with E-state index in [2.05, 4.69) is 36.7 Å². The zero-order valence-electron chi connectivity index (χ0n) is 26.6. The Morgan fingerprint density at radius 2 is 1.54 bits per heavy atom. The Morgan fingerprint density at radius 3 is 2.24 bits per heavy atom. The van der Waals surface area contributed by atoms with E-state index in [-0.39, 0.29) is 17.9 Å². The minimum atomic E-state index is -0.669. The quantitative estimate of drug-likeness (QED) is 0.138. The van der Waals surface area contributed by atoms with Gasteiger partial charge in [0.25, 0.3) is 0 Å². The van der Waals surface area contributed by atoms with Gasteiger partial charge in [0, 0.05) is 12.5 Å². The van der Waals surface area contributed by atoms with Gasteiger partial charge in [-0.15, -0.1) is 0 Å². The van der Waals surface area contributed by atoms with Crippen LogP contribution in [-0.4, -0.2) is 67.6 Å². The van der Waals surface area contributed by atoms with Crippen molar-refractivity contribution in [3.63, 3.8) is 0 Å². The van der Waals surface area contributed by atoms with Crippen LogP contribution in [0.2, 0.25) is 0 Å². The number of nitrogens with one attached hydrogen (secondary N) is 3. The number of aliphatic carboxylic acids is 1. The lowest BCUT2D eigenvalue weighted by atomic mass is 9.43. The van der Waals surface area contributed by atoms with Gasteiger partial charge < -0.3 is 31.9 Å². The van der Waals surface area contributed by atoms with Crippen molar-refractivity contribution in [2.24, 2.45) is 52.1 Å². The fourth-order valence-electron chi connectivity index (χ4n) is 10.4. The van der Waals surface area contributed by atoms with Gasteiger partial charge in [0.2, 0.25) is 0 Å². The Kier molecular flexibility index (Phi) is 12.4. The monoisotopic (exact) mass is 576 g/mol. The number of rotatable bonds is 17. The minimum Gasteiger partial charge on any atom is -0.481 e. The third-order valence-corrected chi connectivity index (χ3v) is 12.7. The maximum absolute atomic E-state index is 11.7. The van der Waals surface area contributed by atoms with Crippen molar-refractivity contribution in [2.75, 3.05) is 39.3 Å². The minimum absolute atomic E-state index is 0.172. The molecular formula is C34H64N4O3. The van der Waals surface area contributed by atoms with Crippen LogP contribution >= 0.6 is 0 Å². The van der Waals surface area contributed by atoms with Crippen molar-refractivity contribution in [2.45, 2.75) is 123 Å². The maximum Gasteiger partial charge on any atom is 0.303 e. The van der Waals surface area contributed by atoms with E-state index >= 15 is 0 Å². The number of carboxylic acids is 1. The highest BCUT2D eigenvalue weighted by atomic mass is 16.4. The van der Waals surface area contributed by atoms with E-state index < -0.39 is 5.97 Å². The smallest absolute Gasteiger partial charge is 0.303 e. The van der Waals surface area contributed by atoms with E-state index in [4.69, 9.17) is 5.73 Å². The molecule has 238 valence electrons. The molecule has 0 aromatic heterocycles. The fourth-order valence-corrected chi connectivity index (χ4v) is 10.4. The molecule has 0 radical (unpaired) electrons. The standard InChI is InChI=1S/C34H64N4O3/c1-24(8-11-31(40)41)27-9-10-28-32-29(13-15-34(27,28)3)33(2)14-12-26(22-25(33)23-30(32)39)38-21-7-20-37-18-5-4-17-36-19-6-16-35/h24-30,32,36-39H,4-23,35H2,1-3H3,(H,40,41)/t24?,25-,26+,27-,28?,29?,30?,32?,33+,34-/m1/s1. The molecule has 4 fully saturated rings. The molecule has 10 atom stereocenters. The second-order valence-corrected chi connectivity index (χ2v) is 15.1. The molecule has 0 aliphatic heterocycles. The van der Waals surface area contributed by atoms with Gasteiger partial charge >= 0.3 is 5.97 Å². The van der Waals surface area contributed by atoms with Crippen LogP contribution in [0.25, 0.3) is 0 Å². The molecule has 7 N–H and O–H groups in total. The van der Waals surface area contributed by atoms with Crippen molar-refractivity contribution in [1.29, 1.82) is 0 Å². The van der Waals surface area contributed by atoms with E-state index in [0.29, 0.717) is 47.0 Å². The molecule has 4 saturated carbocycles. The molecule has 0 aromatic rings. The largest absolute Gasteiger partial charge is 0.481 e. The lowest BCUT2D eigenvalue weighted by Gasteiger charge is -2.62. The Morgan fingerprint density at radius 1 is 0.878 bits per heavy atom. The highest BCUT2D eigenvalue weighted by Crippen LogP contribution is 2.68.